The molecule has 1 heterocycles. The minimum Gasteiger partial charge on any atom is -0.494 e. The van der Waals surface area contributed by atoms with Gasteiger partial charge in [-0.15, -0.1) is 0 Å². The molecule has 0 bridgehead atoms. The Hall–Kier alpha value is -2.24. The van der Waals surface area contributed by atoms with Crippen molar-refractivity contribution in [3.8, 4) is 5.75 Å². The van der Waals surface area contributed by atoms with Gasteiger partial charge in [-0.2, -0.15) is 0 Å². The van der Waals surface area contributed by atoms with Crippen LogP contribution in [0.2, 0.25) is 10.0 Å². The lowest BCUT2D eigenvalue weighted by atomic mass is 10.1. The number of nitrogens with one attached hydrogen (secondary N) is 1. The molecule has 1 saturated heterocycles. The van der Waals surface area contributed by atoms with Gasteiger partial charge in [0, 0.05) is 24.3 Å². The van der Waals surface area contributed by atoms with Gasteiger partial charge in [-0.1, -0.05) is 30.1 Å². The highest BCUT2D eigenvalue weighted by Gasteiger charge is 2.35. The molecule has 0 saturated carbocycles. The van der Waals surface area contributed by atoms with Crippen molar-refractivity contribution in [3.05, 3.63) is 52.5 Å². The Morgan fingerprint density at radius 3 is 2.59 bits per heavy atom. The number of carbonyl (C=O) groups is 2. The van der Waals surface area contributed by atoms with Crippen LogP contribution in [0.5, 0.6) is 5.75 Å². The van der Waals surface area contributed by atoms with Crippen LogP contribution in [-0.4, -0.2) is 25.0 Å². The Balaban J connectivity index is 1.64. The minimum atomic E-state index is -0.428. The van der Waals surface area contributed by atoms with Gasteiger partial charge in [-0.25, -0.2) is 0 Å². The molecular formula is C20H20Cl2N2O3. The SMILES string of the molecule is CCCOc1ccc(N2CC(C(=O)Nc3ccc(Cl)c(Cl)c3)CC2=O)cc1. The van der Waals surface area contributed by atoms with Gasteiger partial charge in [0.1, 0.15) is 5.75 Å². The van der Waals surface area contributed by atoms with Gasteiger partial charge in [0.15, 0.2) is 0 Å². The summed E-state index contributed by atoms with van der Waals surface area (Å²) in [6.07, 6.45) is 1.10. The van der Waals surface area contributed by atoms with E-state index >= 15 is 0 Å². The summed E-state index contributed by atoms with van der Waals surface area (Å²) in [6, 6.07) is 12.2. The molecule has 2 aromatic rings. The Morgan fingerprint density at radius 2 is 1.93 bits per heavy atom. The molecule has 2 aromatic carbocycles. The van der Waals surface area contributed by atoms with Gasteiger partial charge in [0.25, 0.3) is 0 Å². The number of anilines is 2. The average molecular weight is 407 g/mol. The highest BCUT2D eigenvalue weighted by atomic mass is 35.5. The first-order valence-electron chi connectivity index (χ1n) is 8.77. The maximum absolute atomic E-state index is 12.5. The molecule has 1 atom stereocenters. The van der Waals surface area contributed by atoms with Crippen molar-refractivity contribution in [2.45, 2.75) is 19.8 Å². The van der Waals surface area contributed by atoms with Crippen LogP contribution in [0.25, 0.3) is 0 Å². The van der Waals surface area contributed by atoms with Crippen LogP contribution in [-0.2, 0) is 9.59 Å². The Kier molecular flexibility index (Phi) is 6.24. The molecule has 1 unspecified atom stereocenters. The Bertz CT molecular complexity index is 840. The van der Waals surface area contributed by atoms with E-state index in [0.717, 1.165) is 17.9 Å². The second-order valence-electron chi connectivity index (χ2n) is 6.37. The average Bonchev–Trinajstić information content (AvgIpc) is 3.05. The monoisotopic (exact) mass is 406 g/mol. The lowest BCUT2D eigenvalue weighted by molar-refractivity contribution is -0.122. The van der Waals surface area contributed by atoms with Gasteiger partial charge in [-0.3, -0.25) is 9.59 Å². The molecule has 3 rings (SSSR count). The zero-order chi connectivity index (χ0) is 19.4. The van der Waals surface area contributed by atoms with Crippen molar-refractivity contribution in [2.24, 2.45) is 5.92 Å². The van der Waals surface area contributed by atoms with E-state index in [0.29, 0.717) is 28.9 Å². The summed E-state index contributed by atoms with van der Waals surface area (Å²) in [7, 11) is 0. The lowest BCUT2D eigenvalue weighted by Crippen LogP contribution is -2.28. The van der Waals surface area contributed by atoms with E-state index in [9.17, 15) is 9.59 Å². The fraction of sp³-hybridized carbons (Fsp3) is 0.300. The van der Waals surface area contributed by atoms with Crippen molar-refractivity contribution < 1.29 is 14.3 Å². The molecule has 7 heteroatoms. The molecule has 0 radical (unpaired) electrons. The second-order valence-corrected chi connectivity index (χ2v) is 7.18. The molecule has 1 aliphatic rings. The van der Waals surface area contributed by atoms with Crippen molar-refractivity contribution in [2.75, 3.05) is 23.4 Å². The first-order chi connectivity index (χ1) is 13.0. The van der Waals surface area contributed by atoms with Gasteiger partial charge in [0.2, 0.25) is 11.8 Å². The smallest absolute Gasteiger partial charge is 0.229 e. The number of hydrogen-bond acceptors (Lipinski definition) is 3. The summed E-state index contributed by atoms with van der Waals surface area (Å²) in [5, 5.41) is 3.58. The van der Waals surface area contributed by atoms with Crippen LogP contribution in [0.4, 0.5) is 11.4 Å². The fourth-order valence-electron chi connectivity index (χ4n) is 2.89. The van der Waals surface area contributed by atoms with E-state index in [4.69, 9.17) is 27.9 Å². The summed E-state index contributed by atoms with van der Waals surface area (Å²) in [5.74, 6) is 0.0442. The molecule has 142 valence electrons. The van der Waals surface area contributed by atoms with Gasteiger partial charge >= 0.3 is 0 Å². The number of amides is 2. The maximum Gasteiger partial charge on any atom is 0.229 e. The summed E-state index contributed by atoms with van der Waals surface area (Å²) in [4.78, 5) is 26.5. The molecule has 0 aliphatic carbocycles. The molecule has 1 aliphatic heterocycles. The number of benzene rings is 2. The normalized spacial score (nSPS) is 16.5. The zero-order valence-electron chi connectivity index (χ0n) is 14.9. The van der Waals surface area contributed by atoms with E-state index in [1.165, 1.54) is 0 Å². The number of hydrogen-bond donors (Lipinski definition) is 1. The molecule has 27 heavy (non-hydrogen) atoms. The van der Waals surface area contributed by atoms with E-state index in [1.807, 2.05) is 31.2 Å². The van der Waals surface area contributed by atoms with E-state index < -0.39 is 5.92 Å². The summed E-state index contributed by atoms with van der Waals surface area (Å²) in [6.45, 7) is 3.03. The number of ether oxygens (including phenoxy) is 1. The van der Waals surface area contributed by atoms with Crippen LogP contribution in [0.3, 0.4) is 0 Å². The molecule has 2 amide bonds. The third-order valence-corrected chi connectivity index (χ3v) is 5.04. The summed E-state index contributed by atoms with van der Waals surface area (Å²) in [5.41, 5.74) is 1.31. The highest BCUT2D eigenvalue weighted by Crippen LogP contribution is 2.29. The lowest BCUT2D eigenvalue weighted by Gasteiger charge is -2.17. The fourth-order valence-corrected chi connectivity index (χ4v) is 3.19. The van der Waals surface area contributed by atoms with E-state index in [-0.39, 0.29) is 18.2 Å². The quantitative estimate of drug-likeness (QED) is 0.750. The van der Waals surface area contributed by atoms with Gasteiger partial charge in [-0.05, 0) is 48.9 Å². The standard InChI is InChI=1S/C20H20Cl2N2O3/c1-2-9-27-16-6-4-15(5-7-16)24-12-13(10-19(24)25)20(26)23-14-3-8-17(21)18(22)11-14/h3-8,11,13H,2,9-10,12H2,1H3,(H,23,26). The molecule has 0 spiro atoms. The Labute approximate surface area is 168 Å². The van der Waals surface area contributed by atoms with Crippen molar-refractivity contribution in [3.63, 3.8) is 0 Å². The molecule has 1 N–H and O–H groups in total. The predicted octanol–water partition coefficient (Wildman–Crippen LogP) is 4.77. The number of rotatable bonds is 6. The highest BCUT2D eigenvalue weighted by molar-refractivity contribution is 6.42. The van der Waals surface area contributed by atoms with Gasteiger partial charge < -0.3 is 15.0 Å². The summed E-state index contributed by atoms with van der Waals surface area (Å²) >= 11 is 11.9. The minimum absolute atomic E-state index is 0.0773. The number of nitrogens with zero attached hydrogens (tertiary/aromatic N) is 1. The summed E-state index contributed by atoms with van der Waals surface area (Å²) < 4.78 is 5.56. The first-order valence-corrected chi connectivity index (χ1v) is 9.52. The maximum atomic E-state index is 12.5. The topological polar surface area (TPSA) is 58.6 Å². The van der Waals surface area contributed by atoms with E-state index in [1.54, 1.807) is 23.1 Å². The Morgan fingerprint density at radius 1 is 1.19 bits per heavy atom. The second kappa shape index (κ2) is 8.63. The van der Waals surface area contributed by atoms with Crippen LogP contribution in [0.15, 0.2) is 42.5 Å². The third kappa shape index (κ3) is 4.73. The van der Waals surface area contributed by atoms with E-state index in [2.05, 4.69) is 5.32 Å². The first kappa shape index (κ1) is 19.5. The van der Waals surface area contributed by atoms with Crippen LogP contribution in [0, 0.1) is 5.92 Å². The number of carbonyl (C=O) groups excluding carboxylic acids is 2. The molecular weight excluding hydrogens is 387 g/mol. The van der Waals surface area contributed by atoms with Crippen molar-refractivity contribution in [1.82, 2.24) is 0 Å². The van der Waals surface area contributed by atoms with Crippen molar-refractivity contribution in [1.29, 1.82) is 0 Å². The molecule has 5 nitrogen and oxygen atoms in total. The van der Waals surface area contributed by atoms with Crippen LogP contribution in [0.1, 0.15) is 19.8 Å². The van der Waals surface area contributed by atoms with Crippen molar-refractivity contribution >= 4 is 46.4 Å². The van der Waals surface area contributed by atoms with Crippen LogP contribution < -0.4 is 15.0 Å². The van der Waals surface area contributed by atoms with Crippen LogP contribution >= 0.6 is 23.2 Å². The largest absolute Gasteiger partial charge is 0.494 e. The third-order valence-electron chi connectivity index (χ3n) is 4.30. The van der Waals surface area contributed by atoms with Gasteiger partial charge in [0.05, 0.1) is 22.6 Å². The molecule has 0 aromatic heterocycles. The zero-order valence-corrected chi connectivity index (χ0v) is 16.4. The molecule has 1 fully saturated rings. The number of halogens is 2. The predicted molar refractivity (Wildman–Crippen MR) is 108 cm³/mol.